The van der Waals surface area contributed by atoms with E-state index in [9.17, 15) is 14.7 Å². The predicted molar refractivity (Wildman–Crippen MR) is 106 cm³/mol. The van der Waals surface area contributed by atoms with E-state index in [0.717, 1.165) is 0 Å². The standard InChI is InChI=1S/C21H24O8/c1-10(22)16-12(25-3)8-14(27-5)18(20(16)24)19-15(28-6)9-13(26-4)17(11(2)23)21(19)29-7/h8-9,24H,1-7H3. The number of carbonyl (C=O) groups is 2. The van der Waals surface area contributed by atoms with E-state index in [1.54, 1.807) is 0 Å². The topological polar surface area (TPSA) is 101 Å². The van der Waals surface area contributed by atoms with Crippen molar-refractivity contribution in [2.24, 2.45) is 0 Å². The summed E-state index contributed by atoms with van der Waals surface area (Å²) in [5.74, 6) is -0.171. The molecule has 8 heteroatoms. The fourth-order valence-corrected chi connectivity index (χ4v) is 3.23. The number of benzene rings is 2. The molecule has 0 aliphatic carbocycles. The van der Waals surface area contributed by atoms with Gasteiger partial charge in [-0.05, 0) is 13.8 Å². The number of carbonyl (C=O) groups excluding carboxylic acids is 2. The zero-order valence-corrected chi connectivity index (χ0v) is 17.5. The molecule has 0 amide bonds. The van der Waals surface area contributed by atoms with E-state index >= 15 is 0 Å². The fraction of sp³-hybridized carbons (Fsp3) is 0.333. The smallest absolute Gasteiger partial charge is 0.167 e. The molecule has 0 spiro atoms. The molecule has 0 saturated carbocycles. The number of ether oxygens (including phenoxy) is 5. The van der Waals surface area contributed by atoms with E-state index in [2.05, 4.69) is 0 Å². The van der Waals surface area contributed by atoms with E-state index in [4.69, 9.17) is 23.7 Å². The van der Waals surface area contributed by atoms with Gasteiger partial charge in [-0.15, -0.1) is 0 Å². The minimum absolute atomic E-state index is 0.0346. The van der Waals surface area contributed by atoms with Crippen molar-refractivity contribution < 1.29 is 38.4 Å². The Balaban J connectivity index is 3.12. The normalized spacial score (nSPS) is 10.3. The summed E-state index contributed by atoms with van der Waals surface area (Å²) >= 11 is 0. The van der Waals surface area contributed by atoms with E-state index in [0.29, 0.717) is 0 Å². The van der Waals surface area contributed by atoms with Crippen LogP contribution in [0.2, 0.25) is 0 Å². The van der Waals surface area contributed by atoms with Gasteiger partial charge in [0.2, 0.25) is 0 Å². The zero-order chi connectivity index (χ0) is 21.9. The van der Waals surface area contributed by atoms with E-state index in [1.165, 1.54) is 61.5 Å². The van der Waals surface area contributed by atoms with Crippen LogP contribution < -0.4 is 23.7 Å². The summed E-state index contributed by atoms with van der Waals surface area (Å²) in [6.45, 7) is 2.67. The minimum atomic E-state index is -0.415. The van der Waals surface area contributed by atoms with E-state index in [-0.39, 0.29) is 62.5 Å². The third-order valence-corrected chi connectivity index (χ3v) is 4.48. The maximum Gasteiger partial charge on any atom is 0.167 e. The Labute approximate surface area is 168 Å². The van der Waals surface area contributed by atoms with Crippen LogP contribution in [0, 0.1) is 0 Å². The number of hydrogen-bond donors (Lipinski definition) is 1. The van der Waals surface area contributed by atoms with Crippen molar-refractivity contribution in [3.05, 3.63) is 23.3 Å². The summed E-state index contributed by atoms with van der Waals surface area (Å²) in [7, 11) is 7.00. The molecule has 156 valence electrons. The highest BCUT2D eigenvalue weighted by atomic mass is 16.5. The van der Waals surface area contributed by atoms with Crippen LogP contribution in [0.4, 0.5) is 0 Å². The van der Waals surface area contributed by atoms with Gasteiger partial charge in [-0.2, -0.15) is 0 Å². The monoisotopic (exact) mass is 404 g/mol. The molecule has 2 aromatic rings. The Kier molecular flexibility index (Phi) is 6.58. The van der Waals surface area contributed by atoms with Crippen molar-refractivity contribution in [1.29, 1.82) is 0 Å². The van der Waals surface area contributed by atoms with Crippen LogP contribution in [0.15, 0.2) is 12.1 Å². The number of hydrogen-bond acceptors (Lipinski definition) is 8. The summed E-state index contributed by atoms with van der Waals surface area (Å²) < 4.78 is 27.0. The molecule has 1 N–H and O–H groups in total. The third-order valence-electron chi connectivity index (χ3n) is 4.48. The second kappa shape index (κ2) is 8.72. The zero-order valence-electron chi connectivity index (χ0n) is 17.5. The highest BCUT2D eigenvalue weighted by Crippen LogP contribution is 2.53. The molecule has 2 aromatic carbocycles. The second-order valence-electron chi connectivity index (χ2n) is 6.06. The Morgan fingerprint density at radius 1 is 0.655 bits per heavy atom. The molecule has 0 saturated heterocycles. The Morgan fingerprint density at radius 2 is 1.07 bits per heavy atom. The van der Waals surface area contributed by atoms with Crippen molar-refractivity contribution >= 4 is 11.6 Å². The quantitative estimate of drug-likeness (QED) is 0.667. The number of ketones is 2. The Morgan fingerprint density at radius 3 is 1.45 bits per heavy atom. The summed E-state index contributed by atoms with van der Waals surface area (Å²) in [4.78, 5) is 24.5. The van der Waals surface area contributed by atoms with Crippen LogP contribution in [0.3, 0.4) is 0 Å². The molecule has 0 heterocycles. The average Bonchev–Trinajstić information content (AvgIpc) is 2.70. The highest BCUT2D eigenvalue weighted by molar-refractivity contribution is 6.07. The van der Waals surface area contributed by atoms with Crippen molar-refractivity contribution in [2.45, 2.75) is 13.8 Å². The van der Waals surface area contributed by atoms with Crippen molar-refractivity contribution in [2.75, 3.05) is 35.5 Å². The molecule has 0 unspecified atom stereocenters. The van der Waals surface area contributed by atoms with Gasteiger partial charge in [-0.1, -0.05) is 0 Å². The first-order chi connectivity index (χ1) is 13.8. The van der Waals surface area contributed by atoms with Crippen molar-refractivity contribution in [1.82, 2.24) is 0 Å². The lowest BCUT2D eigenvalue weighted by atomic mass is 9.93. The molecule has 0 aliphatic rings. The lowest BCUT2D eigenvalue weighted by Crippen LogP contribution is -2.07. The number of rotatable bonds is 8. The van der Waals surface area contributed by atoms with Crippen LogP contribution in [0.5, 0.6) is 34.5 Å². The molecule has 0 radical (unpaired) electrons. The number of Topliss-reactive ketones (excluding diaryl/α,β-unsaturated/α-hetero) is 2. The van der Waals surface area contributed by atoms with Crippen LogP contribution in [-0.2, 0) is 0 Å². The molecule has 0 bridgehead atoms. The fourth-order valence-electron chi connectivity index (χ4n) is 3.23. The van der Waals surface area contributed by atoms with Gasteiger partial charge < -0.3 is 28.8 Å². The molecular formula is C21H24O8. The van der Waals surface area contributed by atoms with Gasteiger partial charge in [-0.25, -0.2) is 0 Å². The highest BCUT2D eigenvalue weighted by Gasteiger charge is 2.31. The molecular weight excluding hydrogens is 380 g/mol. The van der Waals surface area contributed by atoms with Gasteiger partial charge in [0.15, 0.2) is 11.6 Å². The van der Waals surface area contributed by atoms with Crippen LogP contribution in [0.1, 0.15) is 34.6 Å². The van der Waals surface area contributed by atoms with Crippen LogP contribution in [0.25, 0.3) is 11.1 Å². The first kappa shape index (κ1) is 21.9. The molecule has 0 aromatic heterocycles. The maximum absolute atomic E-state index is 12.3. The second-order valence-corrected chi connectivity index (χ2v) is 6.06. The molecule has 0 aliphatic heterocycles. The molecule has 2 rings (SSSR count). The lowest BCUT2D eigenvalue weighted by Gasteiger charge is -2.22. The Hall–Kier alpha value is -3.42. The summed E-state index contributed by atoms with van der Waals surface area (Å²) in [6, 6.07) is 2.98. The van der Waals surface area contributed by atoms with E-state index in [1.807, 2.05) is 0 Å². The number of phenolic OH excluding ortho intramolecular Hbond substituents is 1. The third kappa shape index (κ3) is 3.65. The summed E-state index contributed by atoms with van der Waals surface area (Å²) in [6.07, 6.45) is 0. The largest absolute Gasteiger partial charge is 0.506 e. The predicted octanol–water partition coefficient (Wildman–Crippen LogP) is 3.51. The van der Waals surface area contributed by atoms with E-state index < -0.39 is 5.78 Å². The van der Waals surface area contributed by atoms with Crippen molar-refractivity contribution in [3.63, 3.8) is 0 Å². The SMILES string of the molecule is COc1cc(OC)c(-c2c(OC)cc(OC)c(C(C)=O)c2OC)c(O)c1C(C)=O. The first-order valence-electron chi connectivity index (χ1n) is 8.60. The lowest BCUT2D eigenvalue weighted by molar-refractivity contribution is 0.0998. The average molecular weight is 404 g/mol. The molecule has 29 heavy (non-hydrogen) atoms. The van der Waals surface area contributed by atoms with Crippen molar-refractivity contribution in [3.8, 4) is 45.6 Å². The molecule has 8 nitrogen and oxygen atoms in total. The van der Waals surface area contributed by atoms with Gasteiger partial charge in [0.25, 0.3) is 0 Å². The van der Waals surface area contributed by atoms with Gasteiger partial charge >= 0.3 is 0 Å². The summed E-state index contributed by atoms with van der Waals surface area (Å²) in [5, 5.41) is 11.0. The maximum atomic E-state index is 12.3. The number of aromatic hydroxyl groups is 1. The van der Waals surface area contributed by atoms with Gasteiger partial charge in [0, 0.05) is 12.1 Å². The van der Waals surface area contributed by atoms with Crippen LogP contribution >= 0.6 is 0 Å². The van der Waals surface area contributed by atoms with Gasteiger partial charge in [0.05, 0.1) is 46.7 Å². The molecule has 0 fully saturated rings. The first-order valence-corrected chi connectivity index (χ1v) is 8.60. The van der Waals surface area contributed by atoms with Gasteiger partial charge in [0.1, 0.15) is 45.6 Å². The number of phenols is 1. The minimum Gasteiger partial charge on any atom is -0.506 e. The summed E-state index contributed by atoms with van der Waals surface area (Å²) in [5.41, 5.74) is 0.484. The number of methoxy groups -OCH3 is 5. The van der Waals surface area contributed by atoms with Crippen LogP contribution in [-0.4, -0.2) is 52.2 Å². The molecule has 0 atom stereocenters. The Bertz CT molecular complexity index is 962. The van der Waals surface area contributed by atoms with Gasteiger partial charge in [-0.3, -0.25) is 9.59 Å².